The highest BCUT2D eigenvalue weighted by atomic mass is 19.3. The number of nitrogens with one attached hydrogen (secondary N) is 2. The number of nitrogens with zero attached hydrogens (tertiary/aromatic N) is 5. The lowest BCUT2D eigenvalue weighted by Gasteiger charge is -2.34. The summed E-state index contributed by atoms with van der Waals surface area (Å²) in [6.45, 7) is 1.89. The zero-order valence-corrected chi connectivity index (χ0v) is 17.4. The van der Waals surface area contributed by atoms with Crippen LogP contribution in [0.5, 0.6) is 5.88 Å². The number of rotatable bonds is 8. The summed E-state index contributed by atoms with van der Waals surface area (Å²) in [5.74, 6) is -2.34. The highest BCUT2D eigenvalue weighted by Crippen LogP contribution is 2.30. The molecule has 3 N–H and O–H groups in total. The maximum atomic E-state index is 13.1. The normalized spacial score (nSPS) is 21.2. The lowest BCUT2D eigenvalue weighted by atomic mass is 9.83. The van der Waals surface area contributed by atoms with Crippen LogP contribution in [0.1, 0.15) is 50.7 Å². The van der Waals surface area contributed by atoms with Gasteiger partial charge in [-0.3, -0.25) is 0 Å². The minimum absolute atomic E-state index is 0.0168. The first-order valence-corrected chi connectivity index (χ1v) is 9.95. The molecule has 0 bridgehead atoms. The molecule has 1 aliphatic carbocycles. The van der Waals surface area contributed by atoms with Crippen LogP contribution in [0.2, 0.25) is 0 Å². The van der Waals surface area contributed by atoms with Crippen molar-refractivity contribution in [2.24, 2.45) is 0 Å². The van der Waals surface area contributed by atoms with E-state index in [4.69, 9.17) is 4.74 Å². The van der Waals surface area contributed by atoms with Gasteiger partial charge < -0.3 is 20.5 Å². The summed E-state index contributed by atoms with van der Waals surface area (Å²) < 4.78 is 31.3. The molecule has 2 aromatic rings. The molecule has 1 saturated carbocycles. The predicted molar refractivity (Wildman–Crippen MR) is 109 cm³/mol. The van der Waals surface area contributed by atoms with Crippen LogP contribution in [-0.2, 0) is 6.54 Å². The molecule has 31 heavy (non-hydrogen) atoms. The van der Waals surface area contributed by atoms with Gasteiger partial charge in [-0.25, -0.2) is 23.7 Å². The van der Waals surface area contributed by atoms with Crippen LogP contribution in [0.15, 0.2) is 18.7 Å². The minimum atomic E-state index is -2.99. The number of aliphatic hydroxyl groups is 1. The van der Waals surface area contributed by atoms with Gasteiger partial charge in [0.1, 0.15) is 23.8 Å². The first-order valence-electron chi connectivity index (χ1n) is 9.95. The predicted octanol–water partition coefficient (Wildman–Crippen LogP) is 2.89. The van der Waals surface area contributed by atoms with Crippen molar-refractivity contribution in [2.75, 3.05) is 17.2 Å². The molecule has 2 aromatic heterocycles. The largest absolute Gasteiger partial charge is 0.471 e. The third-order valence-corrected chi connectivity index (χ3v) is 4.85. The van der Waals surface area contributed by atoms with Gasteiger partial charge in [-0.05, 0) is 32.6 Å². The zero-order valence-electron chi connectivity index (χ0n) is 17.4. The number of nitriles is 1. The van der Waals surface area contributed by atoms with E-state index in [1.165, 1.54) is 18.7 Å². The Bertz CT molecular complexity index is 944. The highest BCUT2D eigenvalue weighted by molar-refractivity contribution is 5.54. The van der Waals surface area contributed by atoms with Gasteiger partial charge in [0.25, 0.3) is 5.92 Å². The Morgan fingerprint density at radius 1 is 1.39 bits per heavy atom. The van der Waals surface area contributed by atoms with Crippen LogP contribution in [-0.4, -0.2) is 49.2 Å². The van der Waals surface area contributed by atoms with Crippen molar-refractivity contribution in [1.82, 2.24) is 19.9 Å². The van der Waals surface area contributed by atoms with Crippen LogP contribution in [0.4, 0.5) is 20.5 Å². The lowest BCUT2D eigenvalue weighted by Crippen LogP contribution is -2.38. The average molecular weight is 433 g/mol. The minimum Gasteiger partial charge on any atom is -0.471 e. The van der Waals surface area contributed by atoms with E-state index < -0.39 is 18.1 Å². The van der Waals surface area contributed by atoms with Crippen molar-refractivity contribution in [3.63, 3.8) is 0 Å². The SMILES string of the molecule is CC(F)(F)COc1ncncc1CNc1ncc(C#N)c(N[C@@H]2CCC[C@@](C)(O)C2)n1. The van der Waals surface area contributed by atoms with E-state index >= 15 is 0 Å². The van der Waals surface area contributed by atoms with E-state index in [1.54, 1.807) is 6.92 Å². The first-order chi connectivity index (χ1) is 14.6. The zero-order chi connectivity index (χ0) is 22.5. The number of hydrogen-bond donors (Lipinski definition) is 3. The van der Waals surface area contributed by atoms with Gasteiger partial charge in [-0.2, -0.15) is 10.2 Å². The van der Waals surface area contributed by atoms with Gasteiger partial charge in [-0.15, -0.1) is 0 Å². The van der Waals surface area contributed by atoms with Gasteiger partial charge in [0.15, 0.2) is 6.61 Å². The number of anilines is 2. The highest BCUT2D eigenvalue weighted by Gasteiger charge is 2.30. The second kappa shape index (κ2) is 9.34. The molecular formula is C20H25F2N7O2. The summed E-state index contributed by atoms with van der Waals surface area (Å²) in [4.78, 5) is 16.3. The molecule has 2 atom stereocenters. The maximum absolute atomic E-state index is 13.1. The molecule has 0 amide bonds. The molecule has 166 valence electrons. The van der Waals surface area contributed by atoms with E-state index in [9.17, 15) is 19.1 Å². The van der Waals surface area contributed by atoms with Crippen molar-refractivity contribution >= 4 is 11.8 Å². The Morgan fingerprint density at radius 2 is 2.19 bits per heavy atom. The van der Waals surface area contributed by atoms with Crippen molar-refractivity contribution in [3.8, 4) is 11.9 Å². The third kappa shape index (κ3) is 6.68. The molecule has 11 heteroatoms. The van der Waals surface area contributed by atoms with Gasteiger partial charge in [0.2, 0.25) is 11.8 Å². The molecule has 1 fully saturated rings. The lowest BCUT2D eigenvalue weighted by molar-refractivity contribution is -0.0245. The molecule has 0 spiro atoms. The Hall–Kier alpha value is -3.13. The number of ether oxygens (including phenoxy) is 1. The fourth-order valence-corrected chi connectivity index (χ4v) is 3.41. The van der Waals surface area contributed by atoms with Crippen molar-refractivity contribution in [2.45, 2.75) is 63.6 Å². The monoisotopic (exact) mass is 433 g/mol. The van der Waals surface area contributed by atoms with Crippen molar-refractivity contribution in [3.05, 3.63) is 29.8 Å². The first kappa shape index (κ1) is 22.6. The topological polar surface area (TPSA) is 129 Å². The third-order valence-electron chi connectivity index (χ3n) is 4.85. The number of halogens is 2. The summed E-state index contributed by atoms with van der Waals surface area (Å²) in [5.41, 5.74) is -0.0129. The molecule has 3 rings (SSSR count). The van der Waals surface area contributed by atoms with Crippen LogP contribution < -0.4 is 15.4 Å². The van der Waals surface area contributed by atoms with E-state index in [0.717, 1.165) is 26.2 Å². The van der Waals surface area contributed by atoms with Gasteiger partial charge in [0.05, 0.1) is 17.4 Å². The molecule has 2 heterocycles. The quantitative estimate of drug-likeness (QED) is 0.575. The number of aromatic nitrogens is 4. The standard InChI is InChI=1S/C20H25F2N7O2/c1-19(30)5-3-4-15(6-19)28-16-13(7-23)9-25-18(29-16)26-10-14-8-24-12-27-17(14)31-11-20(2,21)22/h8-9,12,15,30H,3-6,10-11H2,1-2H3,(H2,25,26,28,29)/t15-,19-/m1/s1. The molecule has 0 unspecified atom stereocenters. The molecule has 1 aliphatic rings. The molecular weight excluding hydrogens is 408 g/mol. The van der Waals surface area contributed by atoms with Crippen LogP contribution in [0, 0.1) is 11.3 Å². The van der Waals surface area contributed by atoms with Crippen molar-refractivity contribution < 1.29 is 18.6 Å². The number of alkyl halides is 2. The van der Waals surface area contributed by atoms with Crippen LogP contribution in [0.25, 0.3) is 0 Å². The van der Waals surface area contributed by atoms with Gasteiger partial charge >= 0.3 is 0 Å². The summed E-state index contributed by atoms with van der Waals surface area (Å²) in [7, 11) is 0. The summed E-state index contributed by atoms with van der Waals surface area (Å²) in [6.07, 6.45) is 7.08. The fraction of sp³-hybridized carbons (Fsp3) is 0.550. The molecule has 0 radical (unpaired) electrons. The summed E-state index contributed by atoms with van der Waals surface area (Å²) in [5, 5.41) is 25.9. The maximum Gasteiger partial charge on any atom is 0.278 e. The Kier molecular flexibility index (Phi) is 6.80. The fourth-order valence-electron chi connectivity index (χ4n) is 3.41. The van der Waals surface area contributed by atoms with Crippen LogP contribution >= 0.6 is 0 Å². The Labute approximate surface area is 178 Å². The Balaban J connectivity index is 1.69. The van der Waals surface area contributed by atoms with Gasteiger partial charge in [0, 0.05) is 25.7 Å². The molecule has 0 saturated heterocycles. The molecule has 0 aromatic carbocycles. The second-order valence-electron chi connectivity index (χ2n) is 8.07. The number of hydrogen-bond acceptors (Lipinski definition) is 9. The summed E-state index contributed by atoms with van der Waals surface area (Å²) in [6, 6.07) is 2.04. The second-order valence-corrected chi connectivity index (χ2v) is 8.07. The Morgan fingerprint density at radius 3 is 2.90 bits per heavy atom. The smallest absolute Gasteiger partial charge is 0.278 e. The molecule has 9 nitrogen and oxygen atoms in total. The van der Waals surface area contributed by atoms with E-state index in [2.05, 4.69) is 36.6 Å². The van der Waals surface area contributed by atoms with Crippen molar-refractivity contribution in [1.29, 1.82) is 5.26 Å². The van der Waals surface area contributed by atoms with Crippen LogP contribution in [0.3, 0.4) is 0 Å². The molecule has 0 aliphatic heterocycles. The average Bonchev–Trinajstić information content (AvgIpc) is 2.70. The summed E-state index contributed by atoms with van der Waals surface area (Å²) >= 11 is 0. The van der Waals surface area contributed by atoms with E-state index in [1.807, 2.05) is 0 Å². The van der Waals surface area contributed by atoms with E-state index in [0.29, 0.717) is 17.8 Å². The van der Waals surface area contributed by atoms with E-state index in [-0.39, 0.29) is 30.0 Å². The van der Waals surface area contributed by atoms with Gasteiger partial charge in [-0.1, -0.05) is 0 Å².